The summed E-state index contributed by atoms with van der Waals surface area (Å²) in [6.07, 6.45) is -0.149. The van der Waals surface area contributed by atoms with Crippen molar-refractivity contribution in [1.82, 2.24) is 0 Å². The van der Waals surface area contributed by atoms with E-state index in [-0.39, 0.29) is 6.10 Å². The van der Waals surface area contributed by atoms with Gasteiger partial charge < -0.3 is 10.5 Å². The molecule has 3 aromatic carbocycles. The first-order valence-corrected chi connectivity index (χ1v) is 7.37. The van der Waals surface area contributed by atoms with Gasteiger partial charge >= 0.3 is 0 Å². The Morgan fingerprint density at radius 3 is 1.82 bits per heavy atom. The summed E-state index contributed by atoms with van der Waals surface area (Å²) >= 11 is 0. The van der Waals surface area contributed by atoms with E-state index in [0.29, 0.717) is 0 Å². The van der Waals surface area contributed by atoms with Crippen LogP contribution in [0.5, 0.6) is 5.75 Å². The topological polar surface area (TPSA) is 35.2 Å². The lowest BCUT2D eigenvalue weighted by Gasteiger charge is -2.20. The molecule has 0 spiro atoms. The molecule has 3 rings (SSSR count). The molecule has 110 valence electrons. The van der Waals surface area contributed by atoms with E-state index >= 15 is 0 Å². The monoisotopic (exact) mass is 289 g/mol. The van der Waals surface area contributed by atoms with Gasteiger partial charge in [-0.3, -0.25) is 0 Å². The SMILES string of the molecule is Cc1ccc(OC(c2ccccc2)c2ccccc2)cc1N. The van der Waals surface area contributed by atoms with Crippen molar-refractivity contribution in [3.63, 3.8) is 0 Å². The maximum atomic E-state index is 6.24. The molecule has 0 aromatic heterocycles. The van der Waals surface area contributed by atoms with E-state index in [2.05, 4.69) is 24.3 Å². The van der Waals surface area contributed by atoms with Crippen molar-refractivity contribution in [3.05, 3.63) is 95.6 Å². The Morgan fingerprint density at radius 2 is 1.32 bits per heavy atom. The quantitative estimate of drug-likeness (QED) is 0.704. The van der Waals surface area contributed by atoms with Crippen LogP contribution in [0.3, 0.4) is 0 Å². The van der Waals surface area contributed by atoms with Crippen LogP contribution < -0.4 is 10.5 Å². The maximum absolute atomic E-state index is 6.24. The maximum Gasteiger partial charge on any atom is 0.149 e. The summed E-state index contributed by atoms with van der Waals surface area (Å²) in [5.74, 6) is 0.779. The lowest BCUT2D eigenvalue weighted by atomic mass is 10.0. The van der Waals surface area contributed by atoms with Gasteiger partial charge in [-0.25, -0.2) is 0 Å². The van der Waals surface area contributed by atoms with Gasteiger partial charge in [0.25, 0.3) is 0 Å². The highest BCUT2D eigenvalue weighted by Crippen LogP contribution is 2.29. The summed E-state index contributed by atoms with van der Waals surface area (Å²) in [7, 11) is 0. The minimum atomic E-state index is -0.149. The van der Waals surface area contributed by atoms with Gasteiger partial charge in [-0.15, -0.1) is 0 Å². The van der Waals surface area contributed by atoms with Crippen molar-refractivity contribution >= 4 is 5.69 Å². The molecule has 0 radical (unpaired) electrons. The van der Waals surface area contributed by atoms with E-state index in [1.807, 2.05) is 61.5 Å². The fourth-order valence-corrected chi connectivity index (χ4v) is 2.41. The van der Waals surface area contributed by atoms with Gasteiger partial charge in [0.15, 0.2) is 0 Å². The second-order valence-electron chi connectivity index (χ2n) is 5.34. The molecule has 0 atom stereocenters. The molecule has 2 nitrogen and oxygen atoms in total. The van der Waals surface area contributed by atoms with Crippen molar-refractivity contribution in [3.8, 4) is 5.75 Å². The number of anilines is 1. The molecule has 2 heteroatoms. The predicted molar refractivity (Wildman–Crippen MR) is 90.9 cm³/mol. The Kier molecular flexibility index (Phi) is 4.10. The number of aryl methyl sites for hydroxylation is 1. The molecule has 2 N–H and O–H groups in total. The summed E-state index contributed by atoms with van der Waals surface area (Å²) in [6, 6.07) is 26.3. The third-order valence-electron chi connectivity index (χ3n) is 3.71. The molecule has 0 unspecified atom stereocenters. The van der Waals surface area contributed by atoms with Crippen LogP contribution in [0.25, 0.3) is 0 Å². The van der Waals surface area contributed by atoms with Crippen LogP contribution in [0.15, 0.2) is 78.9 Å². The second-order valence-corrected chi connectivity index (χ2v) is 5.34. The van der Waals surface area contributed by atoms with Crippen molar-refractivity contribution in [2.45, 2.75) is 13.0 Å². The van der Waals surface area contributed by atoms with E-state index in [9.17, 15) is 0 Å². The Morgan fingerprint density at radius 1 is 0.773 bits per heavy atom. The molecule has 0 aliphatic heterocycles. The highest BCUT2D eigenvalue weighted by Gasteiger charge is 2.15. The summed E-state index contributed by atoms with van der Waals surface area (Å²) in [5, 5.41) is 0. The van der Waals surface area contributed by atoms with E-state index < -0.39 is 0 Å². The van der Waals surface area contributed by atoms with Crippen LogP contribution in [0.2, 0.25) is 0 Å². The lowest BCUT2D eigenvalue weighted by molar-refractivity contribution is 0.247. The number of hydrogen-bond donors (Lipinski definition) is 1. The van der Waals surface area contributed by atoms with Gasteiger partial charge in [0.05, 0.1) is 0 Å². The van der Waals surface area contributed by atoms with Gasteiger partial charge in [-0.05, 0) is 29.7 Å². The number of hydrogen-bond acceptors (Lipinski definition) is 2. The smallest absolute Gasteiger partial charge is 0.149 e. The zero-order valence-corrected chi connectivity index (χ0v) is 12.6. The average Bonchev–Trinajstić information content (AvgIpc) is 2.57. The van der Waals surface area contributed by atoms with Crippen LogP contribution in [0.1, 0.15) is 22.8 Å². The minimum absolute atomic E-state index is 0.149. The highest BCUT2D eigenvalue weighted by molar-refractivity contribution is 5.51. The van der Waals surface area contributed by atoms with E-state index in [0.717, 1.165) is 28.1 Å². The molecule has 0 amide bonds. The fraction of sp³-hybridized carbons (Fsp3) is 0.100. The zero-order valence-electron chi connectivity index (χ0n) is 12.6. The molecule has 3 aromatic rings. The van der Waals surface area contributed by atoms with Crippen LogP contribution in [0, 0.1) is 6.92 Å². The Bertz CT molecular complexity index is 699. The molecular formula is C20H19NO. The summed E-state index contributed by atoms with van der Waals surface area (Å²) < 4.78 is 6.24. The van der Waals surface area contributed by atoms with E-state index in [1.54, 1.807) is 0 Å². The molecule has 0 saturated heterocycles. The molecule has 0 aliphatic rings. The van der Waals surface area contributed by atoms with Crippen LogP contribution >= 0.6 is 0 Å². The van der Waals surface area contributed by atoms with Crippen LogP contribution in [-0.4, -0.2) is 0 Å². The molecular weight excluding hydrogens is 270 g/mol. The number of rotatable bonds is 4. The number of nitrogen functional groups attached to an aromatic ring is 1. The van der Waals surface area contributed by atoms with Crippen molar-refractivity contribution in [2.75, 3.05) is 5.73 Å². The molecule has 0 aliphatic carbocycles. The molecule has 0 saturated carbocycles. The Hall–Kier alpha value is -2.74. The zero-order chi connectivity index (χ0) is 15.4. The second kappa shape index (κ2) is 6.35. The summed E-state index contributed by atoms with van der Waals surface area (Å²) in [4.78, 5) is 0. The molecule has 0 heterocycles. The Balaban J connectivity index is 1.97. The third kappa shape index (κ3) is 3.12. The van der Waals surface area contributed by atoms with Crippen molar-refractivity contribution in [1.29, 1.82) is 0 Å². The largest absolute Gasteiger partial charge is 0.481 e. The third-order valence-corrected chi connectivity index (χ3v) is 3.71. The minimum Gasteiger partial charge on any atom is -0.481 e. The predicted octanol–water partition coefficient (Wildman–Crippen LogP) is 4.75. The molecule has 22 heavy (non-hydrogen) atoms. The number of ether oxygens (including phenoxy) is 1. The van der Waals surface area contributed by atoms with Crippen LogP contribution in [-0.2, 0) is 0 Å². The fourth-order valence-electron chi connectivity index (χ4n) is 2.41. The standard InChI is InChI=1S/C20H19NO/c1-15-12-13-18(14-19(15)21)22-20(16-8-4-2-5-9-16)17-10-6-3-7-11-17/h2-14,20H,21H2,1H3. The number of benzene rings is 3. The average molecular weight is 289 g/mol. The van der Waals surface area contributed by atoms with E-state index in [4.69, 9.17) is 10.5 Å². The van der Waals surface area contributed by atoms with Gasteiger partial charge in [0.2, 0.25) is 0 Å². The van der Waals surface area contributed by atoms with Gasteiger partial charge in [0.1, 0.15) is 11.9 Å². The van der Waals surface area contributed by atoms with Crippen molar-refractivity contribution < 1.29 is 4.74 Å². The summed E-state index contributed by atoms with van der Waals surface area (Å²) in [6.45, 7) is 1.99. The van der Waals surface area contributed by atoms with Gasteiger partial charge in [0, 0.05) is 11.8 Å². The van der Waals surface area contributed by atoms with Gasteiger partial charge in [-0.1, -0.05) is 66.7 Å². The lowest BCUT2D eigenvalue weighted by Crippen LogP contribution is -2.09. The first-order valence-electron chi connectivity index (χ1n) is 7.37. The molecule has 0 bridgehead atoms. The first kappa shape index (κ1) is 14.2. The van der Waals surface area contributed by atoms with Crippen LogP contribution in [0.4, 0.5) is 5.69 Å². The van der Waals surface area contributed by atoms with E-state index in [1.165, 1.54) is 0 Å². The number of nitrogens with two attached hydrogens (primary N) is 1. The first-order chi connectivity index (χ1) is 10.7. The van der Waals surface area contributed by atoms with Gasteiger partial charge in [-0.2, -0.15) is 0 Å². The molecule has 0 fully saturated rings. The van der Waals surface area contributed by atoms with Crippen molar-refractivity contribution in [2.24, 2.45) is 0 Å². The highest BCUT2D eigenvalue weighted by atomic mass is 16.5. The normalized spacial score (nSPS) is 10.6. The summed E-state index contributed by atoms with van der Waals surface area (Å²) in [5.41, 5.74) is 10.0. The Labute approximate surface area is 131 Å².